The number of allylic oxidation sites excluding steroid dienone is 12. The molecule has 3 heterocycles. The third-order valence-electron chi connectivity index (χ3n) is 12.0. The van der Waals surface area contributed by atoms with Gasteiger partial charge in [-0.15, -0.1) is 0 Å². The Morgan fingerprint density at radius 2 is 1.23 bits per heavy atom. The van der Waals surface area contributed by atoms with Crippen LogP contribution in [0.25, 0.3) is 0 Å². The lowest BCUT2D eigenvalue weighted by Gasteiger charge is -2.45. The van der Waals surface area contributed by atoms with Gasteiger partial charge in [0, 0.05) is 37.5 Å². The second-order valence-electron chi connectivity index (χ2n) is 17.6. The standard InChI is InChI=1S/C47H73NO17/c1-27-17-15-13-11-9-7-5-6-8-10-12-14-16-18-34(64-46-44(58)41(48)43(57)30(4)63-46)24-38-40(45(59)60)37(54)26-47(61,65-38)25-33(51)22-36(53)35(52)20-19-31(49)21-32(50)23-39(55)62-29(3)28(2)42(27)56/h5-18,27-38,40-44,46,49-54,56-58,61H,19-26,48H2,1-4H3,(H,59,60)/b6-5+,9-7+,10-8+,13-11+,14-12+,17-15+,18-16+/t27?,28-,29-,30+,31+,32+,33-,34-,35+,36+,37-,38-,40+,41-,42+,43+,44-,46-,47+/m0/s1. The number of carboxylic acids is 1. The summed E-state index contributed by atoms with van der Waals surface area (Å²) in [7, 11) is 0. The molecule has 3 aliphatic heterocycles. The Morgan fingerprint density at radius 3 is 1.82 bits per heavy atom. The number of nitrogens with two attached hydrogens (primary N) is 1. The highest BCUT2D eigenvalue weighted by Crippen LogP contribution is 2.38. The lowest BCUT2D eigenvalue weighted by molar-refractivity contribution is -0.308. The molecule has 0 aromatic heterocycles. The van der Waals surface area contributed by atoms with Crippen molar-refractivity contribution in [3.05, 3.63) is 85.1 Å². The van der Waals surface area contributed by atoms with Gasteiger partial charge in [0.25, 0.3) is 0 Å². The number of aliphatic hydroxyl groups is 10. The van der Waals surface area contributed by atoms with E-state index in [1.165, 1.54) is 13.0 Å². The molecule has 368 valence electrons. The van der Waals surface area contributed by atoms with Gasteiger partial charge >= 0.3 is 11.9 Å². The Hall–Kier alpha value is -3.44. The van der Waals surface area contributed by atoms with Gasteiger partial charge in [-0.2, -0.15) is 0 Å². The van der Waals surface area contributed by atoms with Crippen LogP contribution in [0.4, 0.5) is 0 Å². The maximum absolute atomic E-state index is 12.6. The topological polar surface area (TPSA) is 320 Å². The van der Waals surface area contributed by atoms with Crippen molar-refractivity contribution >= 4 is 11.9 Å². The van der Waals surface area contributed by atoms with Crippen LogP contribution >= 0.6 is 0 Å². The summed E-state index contributed by atoms with van der Waals surface area (Å²) in [6, 6.07) is -1.15. The number of aliphatic carboxylic acids is 1. The normalized spacial score (nSPS) is 45.5. The van der Waals surface area contributed by atoms with E-state index in [0.717, 1.165) is 0 Å². The molecule has 18 heteroatoms. The number of carbonyl (C=O) groups excluding carboxylic acids is 1. The minimum absolute atomic E-state index is 0.107. The van der Waals surface area contributed by atoms with E-state index in [2.05, 4.69) is 0 Å². The Labute approximate surface area is 381 Å². The van der Waals surface area contributed by atoms with E-state index in [9.17, 15) is 65.8 Å². The predicted molar refractivity (Wildman–Crippen MR) is 237 cm³/mol. The van der Waals surface area contributed by atoms with Gasteiger partial charge in [-0.05, 0) is 33.1 Å². The summed E-state index contributed by atoms with van der Waals surface area (Å²) >= 11 is 0. The van der Waals surface area contributed by atoms with Crippen molar-refractivity contribution in [3.8, 4) is 0 Å². The molecular formula is C47H73NO17. The minimum Gasteiger partial charge on any atom is -0.481 e. The van der Waals surface area contributed by atoms with Crippen molar-refractivity contribution in [2.24, 2.45) is 23.5 Å². The molecule has 13 N–H and O–H groups in total. The smallest absolute Gasteiger partial charge is 0.311 e. The number of aliphatic hydroxyl groups excluding tert-OH is 9. The van der Waals surface area contributed by atoms with Gasteiger partial charge in [-0.1, -0.05) is 98.9 Å². The monoisotopic (exact) mass is 923 g/mol. The predicted octanol–water partition coefficient (Wildman–Crippen LogP) is 0.712. The average molecular weight is 924 g/mol. The molecule has 0 aliphatic carbocycles. The van der Waals surface area contributed by atoms with E-state index < -0.39 is 147 Å². The Bertz CT molecular complexity index is 1670. The van der Waals surface area contributed by atoms with Gasteiger partial charge in [0.2, 0.25) is 0 Å². The SMILES string of the molecule is CC1/C=C/C=C/C=C/C=C/C=C/C=C/C=C/[C@H](O[C@@H]2O[C@H](C)[C@@H](O)[C@H](N)[C@@H]2O)C[C@@H]2O[C@](O)(C[C@@H](O)C[C@@H](O)[C@H](O)CC[C@@H](O)C[C@@H](O)CC(=O)O[C@@H](C)[C@H](C)[C@@H]1O)C[C@H](O)[C@H]2C(=O)O. The highest BCUT2D eigenvalue weighted by atomic mass is 16.7. The van der Waals surface area contributed by atoms with Crippen molar-refractivity contribution < 1.29 is 84.7 Å². The van der Waals surface area contributed by atoms with Crippen molar-refractivity contribution in [3.63, 3.8) is 0 Å². The molecule has 0 amide bonds. The van der Waals surface area contributed by atoms with Crippen LogP contribution in [-0.4, -0.2) is 166 Å². The molecule has 0 aromatic carbocycles. The third kappa shape index (κ3) is 18.6. The number of cyclic esters (lactones) is 1. The van der Waals surface area contributed by atoms with Crippen molar-refractivity contribution in [2.75, 3.05) is 0 Å². The van der Waals surface area contributed by atoms with E-state index in [1.54, 1.807) is 80.7 Å². The van der Waals surface area contributed by atoms with Gasteiger partial charge in [-0.3, -0.25) is 9.59 Å². The molecule has 2 saturated heterocycles. The van der Waals surface area contributed by atoms with Crippen LogP contribution < -0.4 is 5.73 Å². The molecule has 2 fully saturated rings. The highest BCUT2D eigenvalue weighted by molar-refractivity contribution is 5.71. The minimum atomic E-state index is -2.33. The molecule has 19 atom stereocenters. The summed E-state index contributed by atoms with van der Waals surface area (Å²) in [5.74, 6) is -6.83. The molecule has 1 unspecified atom stereocenters. The zero-order valence-electron chi connectivity index (χ0n) is 37.6. The van der Waals surface area contributed by atoms with Gasteiger partial charge in [-0.25, -0.2) is 0 Å². The Balaban J connectivity index is 1.86. The molecule has 0 aromatic rings. The van der Waals surface area contributed by atoms with Crippen molar-refractivity contribution in [1.29, 1.82) is 0 Å². The van der Waals surface area contributed by atoms with Crippen LogP contribution in [0.15, 0.2) is 85.1 Å². The van der Waals surface area contributed by atoms with Crippen LogP contribution in [0.1, 0.15) is 79.1 Å². The summed E-state index contributed by atoms with van der Waals surface area (Å²) in [5.41, 5.74) is 6.02. The maximum Gasteiger partial charge on any atom is 0.311 e. The van der Waals surface area contributed by atoms with Crippen LogP contribution in [-0.2, 0) is 28.5 Å². The quantitative estimate of drug-likeness (QED) is 0.174. The second kappa shape index (κ2) is 27.4. The van der Waals surface area contributed by atoms with E-state index in [4.69, 9.17) is 24.7 Å². The lowest BCUT2D eigenvalue weighted by Crippen LogP contribution is -2.61. The first kappa shape index (κ1) is 55.9. The first-order valence-corrected chi connectivity index (χ1v) is 22.3. The second-order valence-corrected chi connectivity index (χ2v) is 17.6. The van der Waals surface area contributed by atoms with E-state index in [-0.39, 0.29) is 31.6 Å². The number of hydrogen-bond donors (Lipinski definition) is 12. The molecule has 18 nitrogen and oxygen atoms in total. The fourth-order valence-electron chi connectivity index (χ4n) is 7.97. The zero-order chi connectivity index (χ0) is 48.4. The summed E-state index contributed by atoms with van der Waals surface area (Å²) in [4.78, 5) is 25.1. The van der Waals surface area contributed by atoms with E-state index in [1.807, 2.05) is 19.1 Å². The molecule has 0 saturated carbocycles. The third-order valence-corrected chi connectivity index (χ3v) is 12.0. The lowest BCUT2D eigenvalue weighted by atomic mass is 9.82. The summed E-state index contributed by atoms with van der Waals surface area (Å²) in [6.45, 7) is 6.74. The first-order chi connectivity index (χ1) is 30.6. The zero-order valence-corrected chi connectivity index (χ0v) is 37.6. The number of carbonyl (C=O) groups is 2. The molecule has 0 radical (unpaired) electrons. The average Bonchev–Trinajstić information content (AvgIpc) is 3.21. The number of ether oxygens (including phenoxy) is 4. The molecule has 0 spiro atoms. The molecule has 2 bridgehead atoms. The molecular weight excluding hydrogens is 851 g/mol. The Morgan fingerprint density at radius 1 is 0.662 bits per heavy atom. The fraction of sp³-hybridized carbons (Fsp3) is 0.660. The largest absolute Gasteiger partial charge is 0.481 e. The number of hydrogen-bond acceptors (Lipinski definition) is 17. The summed E-state index contributed by atoms with van der Waals surface area (Å²) in [6.07, 6.45) is 3.46. The van der Waals surface area contributed by atoms with Crippen molar-refractivity contribution in [1.82, 2.24) is 0 Å². The first-order valence-electron chi connectivity index (χ1n) is 22.3. The van der Waals surface area contributed by atoms with Crippen LogP contribution in [0.5, 0.6) is 0 Å². The van der Waals surface area contributed by atoms with Gasteiger partial charge in [0.05, 0.1) is 79.6 Å². The van der Waals surface area contributed by atoms with E-state index in [0.29, 0.717) is 0 Å². The maximum atomic E-state index is 12.6. The highest BCUT2D eigenvalue weighted by Gasteiger charge is 2.51. The van der Waals surface area contributed by atoms with Crippen molar-refractivity contribution in [2.45, 2.75) is 177 Å². The van der Waals surface area contributed by atoms with Gasteiger partial charge in [0.15, 0.2) is 12.1 Å². The number of rotatable bonds is 3. The van der Waals surface area contributed by atoms with E-state index >= 15 is 0 Å². The number of esters is 1. The summed E-state index contributed by atoms with van der Waals surface area (Å²) < 4.78 is 23.1. The molecule has 65 heavy (non-hydrogen) atoms. The molecule has 3 aliphatic rings. The summed E-state index contributed by atoms with van der Waals surface area (Å²) in [5, 5.41) is 118. The van der Waals surface area contributed by atoms with Gasteiger partial charge < -0.3 is 80.9 Å². The van der Waals surface area contributed by atoms with Gasteiger partial charge in [0.1, 0.15) is 18.1 Å². The van der Waals surface area contributed by atoms with Crippen LogP contribution in [0, 0.1) is 17.8 Å². The number of carboxylic acid groups (broad SMARTS) is 1. The molecule has 3 rings (SSSR count). The van der Waals surface area contributed by atoms with Crippen LogP contribution in [0.3, 0.4) is 0 Å². The Kier molecular flexibility index (Phi) is 23.6. The van der Waals surface area contributed by atoms with Crippen LogP contribution in [0.2, 0.25) is 0 Å². The number of fused-ring (bicyclic) bond motifs is 2. The fourth-order valence-corrected chi connectivity index (χ4v) is 7.97.